The largest absolute Gasteiger partial charge is 0.495 e. The molecule has 0 fully saturated rings. The van der Waals surface area contributed by atoms with Gasteiger partial charge in [-0.1, -0.05) is 30.3 Å². The maximum Gasteiger partial charge on any atom is 0.262 e. The molecule has 0 atom stereocenters. The summed E-state index contributed by atoms with van der Waals surface area (Å²) in [6.45, 7) is 0. The van der Waals surface area contributed by atoms with Gasteiger partial charge in [0.1, 0.15) is 5.75 Å². The number of hydrogen-bond donors (Lipinski definition) is 2. The van der Waals surface area contributed by atoms with E-state index >= 15 is 0 Å². The van der Waals surface area contributed by atoms with Gasteiger partial charge in [0.25, 0.3) is 10.0 Å². The number of nitrogens with two attached hydrogens (primary N) is 1. The van der Waals surface area contributed by atoms with Gasteiger partial charge in [0, 0.05) is 5.56 Å². The highest BCUT2D eigenvalue weighted by molar-refractivity contribution is 7.92. The van der Waals surface area contributed by atoms with Crippen LogP contribution in [0.4, 0.5) is 5.69 Å². The summed E-state index contributed by atoms with van der Waals surface area (Å²) in [7, 11) is -2.45. The van der Waals surface area contributed by atoms with Crippen LogP contribution in [0.2, 0.25) is 0 Å². The number of fused-ring (bicyclic) bond motifs is 1. The van der Waals surface area contributed by atoms with E-state index in [-0.39, 0.29) is 21.9 Å². The van der Waals surface area contributed by atoms with Crippen molar-refractivity contribution in [3.8, 4) is 5.75 Å². The van der Waals surface area contributed by atoms with Crippen molar-refractivity contribution in [2.24, 2.45) is 5.73 Å². The highest BCUT2D eigenvalue weighted by atomic mass is 32.2. The van der Waals surface area contributed by atoms with Crippen molar-refractivity contribution in [2.75, 3.05) is 11.8 Å². The number of rotatable bonds is 5. The van der Waals surface area contributed by atoms with Gasteiger partial charge in [-0.3, -0.25) is 9.52 Å². The number of ether oxygens (including phenoxy) is 1. The zero-order chi connectivity index (χ0) is 18.0. The molecule has 1 amide bonds. The minimum atomic E-state index is -3.86. The molecule has 3 aromatic carbocycles. The fourth-order valence-corrected chi connectivity index (χ4v) is 3.58. The van der Waals surface area contributed by atoms with Crippen LogP contribution in [0.1, 0.15) is 10.4 Å². The molecular weight excluding hydrogens is 340 g/mol. The molecule has 0 aliphatic carbocycles. The normalized spacial score (nSPS) is 11.2. The summed E-state index contributed by atoms with van der Waals surface area (Å²) in [6.07, 6.45) is 0. The number of sulfonamides is 1. The van der Waals surface area contributed by atoms with Gasteiger partial charge in [-0.05, 0) is 41.1 Å². The summed E-state index contributed by atoms with van der Waals surface area (Å²) in [4.78, 5) is 11.4. The number of hydrogen-bond acceptors (Lipinski definition) is 4. The molecule has 0 radical (unpaired) electrons. The monoisotopic (exact) mass is 356 g/mol. The number of amides is 1. The third kappa shape index (κ3) is 3.41. The molecule has 3 aromatic rings. The van der Waals surface area contributed by atoms with Crippen LogP contribution in [0.5, 0.6) is 5.75 Å². The maximum absolute atomic E-state index is 12.7. The van der Waals surface area contributed by atoms with Gasteiger partial charge in [0.15, 0.2) is 0 Å². The average Bonchev–Trinajstić information content (AvgIpc) is 2.60. The lowest BCUT2D eigenvalue weighted by molar-refractivity contribution is 0.100. The van der Waals surface area contributed by atoms with Crippen molar-refractivity contribution < 1.29 is 17.9 Å². The van der Waals surface area contributed by atoms with Crippen molar-refractivity contribution in [2.45, 2.75) is 4.90 Å². The average molecular weight is 356 g/mol. The van der Waals surface area contributed by atoms with E-state index in [9.17, 15) is 13.2 Å². The lowest BCUT2D eigenvalue weighted by Gasteiger charge is -2.13. The number of anilines is 1. The van der Waals surface area contributed by atoms with Gasteiger partial charge in [-0.2, -0.15) is 0 Å². The summed E-state index contributed by atoms with van der Waals surface area (Å²) in [5.74, 6) is -0.372. The highest BCUT2D eigenvalue weighted by Gasteiger charge is 2.18. The van der Waals surface area contributed by atoms with Crippen LogP contribution < -0.4 is 15.2 Å². The van der Waals surface area contributed by atoms with Crippen molar-refractivity contribution in [3.05, 3.63) is 66.2 Å². The molecule has 0 aromatic heterocycles. The van der Waals surface area contributed by atoms with E-state index in [1.54, 1.807) is 12.1 Å². The van der Waals surface area contributed by atoms with E-state index in [2.05, 4.69) is 4.72 Å². The van der Waals surface area contributed by atoms with Crippen LogP contribution in [0.25, 0.3) is 10.8 Å². The number of methoxy groups -OCH3 is 1. The summed E-state index contributed by atoms with van der Waals surface area (Å²) in [6, 6.07) is 16.6. The summed E-state index contributed by atoms with van der Waals surface area (Å²) < 4.78 is 33.0. The second kappa shape index (κ2) is 6.45. The first-order valence-electron chi connectivity index (χ1n) is 7.40. The minimum Gasteiger partial charge on any atom is -0.495 e. The Labute approximate surface area is 145 Å². The summed E-state index contributed by atoms with van der Waals surface area (Å²) in [5.41, 5.74) is 5.58. The second-order valence-electron chi connectivity index (χ2n) is 5.39. The topological polar surface area (TPSA) is 98.5 Å². The first-order valence-corrected chi connectivity index (χ1v) is 8.88. The number of primary amides is 1. The third-order valence-corrected chi connectivity index (χ3v) is 5.12. The highest BCUT2D eigenvalue weighted by Crippen LogP contribution is 2.28. The van der Waals surface area contributed by atoms with Crippen molar-refractivity contribution in [1.82, 2.24) is 0 Å². The van der Waals surface area contributed by atoms with Crippen molar-refractivity contribution in [1.29, 1.82) is 0 Å². The first-order chi connectivity index (χ1) is 11.9. The van der Waals surface area contributed by atoms with Gasteiger partial charge >= 0.3 is 0 Å². The van der Waals surface area contributed by atoms with E-state index in [1.165, 1.54) is 31.4 Å². The number of carbonyl (C=O) groups excluding carboxylic acids is 1. The number of benzene rings is 3. The molecule has 128 valence electrons. The molecule has 6 nitrogen and oxygen atoms in total. The molecule has 0 saturated heterocycles. The number of nitrogens with one attached hydrogen (secondary N) is 1. The predicted octanol–water partition coefficient (Wildman–Crippen LogP) is 2.75. The molecule has 7 heteroatoms. The molecule has 0 heterocycles. The molecule has 25 heavy (non-hydrogen) atoms. The Kier molecular flexibility index (Phi) is 4.33. The van der Waals surface area contributed by atoms with Crippen molar-refractivity contribution in [3.63, 3.8) is 0 Å². The van der Waals surface area contributed by atoms with E-state index < -0.39 is 15.9 Å². The number of carbonyl (C=O) groups is 1. The van der Waals surface area contributed by atoms with Crippen LogP contribution in [0, 0.1) is 0 Å². The maximum atomic E-state index is 12.7. The Hall–Kier alpha value is -3.06. The van der Waals surface area contributed by atoms with Gasteiger partial charge in [-0.15, -0.1) is 0 Å². The molecule has 3 rings (SSSR count). The van der Waals surface area contributed by atoms with E-state index in [4.69, 9.17) is 10.5 Å². The Morgan fingerprint density at radius 2 is 1.72 bits per heavy atom. The smallest absolute Gasteiger partial charge is 0.262 e. The molecule has 0 bridgehead atoms. The SMILES string of the molecule is COc1ccc(C(N)=O)cc1NS(=O)(=O)c1ccc2ccccc2c1. The summed E-state index contributed by atoms with van der Waals surface area (Å²) >= 11 is 0. The van der Waals surface area contributed by atoms with E-state index in [0.717, 1.165) is 10.8 Å². The molecule has 0 aliphatic rings. The van der Waals surface area contributed by atoms with Crippen LogP contribution in [0.15, 0.2) is 65.6 Å². The van der Waals surface area contributed by atoms with Gasteiger partial charge in [0.2, 0.25) is 5.91 Å². The van der Waals surface area contributed by atoms with E-state index in [1.807, 2.05) is 24.3 Å². The van der Waals surface area contributed by atoms with Crippen LogP contribution in [-0.2, 0) is 10.0 Å². The molecular formula is C18H16N2O4S. The van der Waals surface area contributed by atoms with Crippen molar-refractivity contribution >= 4 is 32.4 Å². The van der Waals surface area contributed by atoms with Gasteiger partial charge < -0.3 is 10.5 Å². The fraction of sp³-hybridized carbons (Fsp3) is 0.0556. The van der Waals surface area contributed by atoms with Gasteiger partial charge in [0.05, 0.1) is 17.7 Å². The molecule has 0 aliphatic heterocycles. The molecule has 0 saturated carbocycles. The fourth-order valence-electron chi connectivity index (χ4n) is 2.48. The standard InChI is InChI=1S/C18H16N2O4S/c1-24-17-9-7-14(18(19)21)11-16(17)20-25(22,23)15-8-6-12-4-2-3-5-13(12)10-15/h2-11,20H,1H3,(H2,19,21). The van der Waals surface area contributed by atoms with Crippen LogP contribution in [-0.4, -0.2) is 21.4 Å². The predicted molar refractivity (Wildman–Crippen MR) is 96.3 cm³/mol. The lowest BCUT2D eigenvalue weighted by atomic mass is 10.1. The molecule has 3 N–H and O–H groups in total. The first kappa shape index (κ1) is 16.8. The van der Waals surface area contributed by atoms with Crippen LogP contribution in [0.3, 0.4) is 0 Å². The zero-order valence-electron chi connectivity index (χ0n) is 13.4. The Morgan fingerprint density at radius 1 is 1.00 bits per heavy atom. The quantitative estimate of drug-likeness (QED) is 0.734. The Morgan fingerprint density at radius 3 is 2.40 bits per heavy atom. The van der Waals surface area contributed by atoms with Crippen LogP contribution >= 0.6 is 0 Å². The Balaban J connectivity index is 2.03. The molecule has 0 spiro atoms. The van der Waals surface area contributed by atoms with E-state index in [0.29, 0.717) is 0 Å². The summed E-state index contributed by atoms with van der Waals surface area (Å²) in [5, 5.41) is 1.75. The zero-order valence-corrected chi connectivity index (χ0v) is 14.2. The second-order valence-corrected chi connectivity index (χ2v) is 7.08. The third-order valence-electron chi connectivity index (χ3n) is 3.76. The van der Waals surface area contributed by atoms with Gasteiger partial charge in [-0.25, -0.2) is 8.42 Å². The lowest BCUT2D eigenvalue weighted by Crippen LogP contribution is -2.15. The molecule has 0 unspecified atom stereocenters. The Bertz CT molecular complexity index is 1060. The minimum absolute atomic E-state index is 0.109.